The maximum absolute atomic E-state index is 11.3. The van der Waals surface area contributed by atoms with E-state index in [2.05, 4.69) is 171 Å². The Balaban J connectivity index is 0.964. The topological polar surface area (TPSA) is 267 Å². The molecule has 0 aliphatic carbocycles. The number of halogens is 2. The minimum Gasteiger partial charge on any atom is -0.493 e. The van der Waals surface area contributed by atoms with Gasteiger partial charge in [0.05, 0.1) is 33.0 Å². The first kappa shape index (κ1) is 81.1. The third-order valence-corrected chi connectivity index (χ3v) is 15.8. The van der Waals surface area contributed by atoms with Crippen molar-refractivity contribution in [2.75, 3.05) is 59.5 Å². The molecular formula is C85H75I2N9O13. The summed E-state index contributed by atoms with van der Waals surface area (Å²) in [5, 5.41) is 0. The number of aromatic nitrogens is 9. The predicted molar refractivity (Wildman–Crippen MR) is 425 cm³/mol. The predicted octanol–water partition coefficient (Wildman–Crippen LogP) is 13.9. The molecule has 0 saturated heterocycles. The average Bonchev–Trinajstić information content (AvgIpc) is 0.844. The molecule has 0 aliphatic rings. The van der Waals surface area contributed by atoms with Crippen molar-refractivity contribution in [2.45, 2.75) is 98.8 Å². The van der Waals surface area contributed by atoms with Gasteiger partial charge < -0.3 is 42.6 Å². The molecule has 9 rings (SSSR count). The van der Waals surface area contributed by atoms with Crippen molar-refractivity contribution in [3.8, 4) is 123 Å². The summed E-state index contributed by atoms with van der Waals surface area (Å²) in [5.41, 5.74) is 5.00. The van der Waals surface area contributed by atoms with Crippen LogP contribution in [0.1, 0.15) is 209 Å². The molecule has 0 aliphatic heterocycles. The minimum absolute atomic E-state index is 0.0804. The molecule has 0 saturated carbocycles. The quantitative estimate of drug-likeness (QED) is 0.0119. The second-order valence-electron chi connectivity index (χ2n) is 23.6. The van der Waals surface area contributed by atoms with Crippen LogP contribution in [0.5, 0.6) is 51.7 Å². The number of carbonyl (C=O) groups excluding carboxylic acids is 4. The molecule has 0 fully saturated rings. The van der Waals surface area contributed by atoms with Crippen LogP contribution in [0.4, 0.5) is 0 Å². The maximum atomic E-state index is 11.3. The number of ether oxygens (including phenoxy) is 9. The van der Waals surface area contributed by atoms with E-state index in [1.54, 1.807) is 84.9 Å². The number of hydrogen-bond donors (Lipinski definition) is 0. The molecule has 0 aromatic carbocycles. The Morgan fingerprint density at radius 2 is 0.385 bits per heavy atom. The van der Waals surface area contributed by atoms with Gasteiger partial charge in [0.25, 0.3) is 0 Å². The summed E-state index contributed by atoms with van der Waals surface area (Å²) in [5.74, 6) is 42.3. The Morgan fingerprint density at radius 3 is 0.560 bits per heavy atom. The van der Waals surface area contributed by atoms with E-state index in [1.807, 2.05) is 0 Å². The fourth-order valence-corrected chi connectivity index (χ4v) is 10.5. The fraction of sp³-hybridized carbons (Fsp3) is 0.282. The summed E-state index contributed by atoms with van der Waals surface area (Å²) >= 11 is 4.18. The van der Waals surface area contributed by atoms with Gasteiger partial charge in [-0.05, 0) is 148 Å². The van der Waals surface area contributed by atoms with E-state index in [9.17, 15) is 19.2 Å². The van der Waals surface area contributed by atoms with E-state index in [0.29, 0.717) is 186 Å². The number of unbranched alkanes of at least 4 members (excludes halogenated alkanes) is 5. The van der Waals surface area contributed by atoms with Crippen LogP contribution in [0.3, 0.4) is 0 Å². The molecule has 24 heteroatoms. The first-order chi connectivity index (χ1) is 53.3. The van der Waals surface area contributed by atoms with Crippen molar-refractivity contribution in [1.29, 1.82) is 0 Å². The first-order valence-electron chi connectivity index (χ1n) is 35.4. The molecule has 9 aromatic heterocycles. The van der Waals surface area contributed by atoms with Crippen molar-refractivity contribution in [1.82, 2.24) is 44.9 Å². The zero-order valence-electron chi connectivity index (χ0n) is 60.7. The highest BCUT2D eigenvalue weighted by molar-refractivity contribution is 14.1. The van der Waals surface area contributed by atoms with Gasteiger partial charge in [-0.2, -0.15) is 0 Å². The van der Waals surface area contributed by atoms with Gasteiger partial charge in [-0.25, -0.2) is 44.9 Å². The van der Waals surface area contributed by atoms with Gasteiger partial charge in [0.1, 0.15) is 177 Å². The van der Waals surface area contributed by atoms with E-state index < -0.39 is 0 Å². The molecular weight excluding hydrogens is 1610 g/mol. The Bertz CT molecular complexity index is 4760. The van der Waals surface area contributed by atoms with Crippen molar-refractivity contribution < 1.29 is 61.8 Å². The molecule has 0 unspecified atom stereocenters. The lowest BCUT2D eigenvalue weighted by Crippen LogP contribution is -2.10. The van der Waals surface area contributed by atoms with Gasteiger partial charge in [-0.15, -0.1) is 0 Å². The van der Waals surface area contributed by atoms with Crippen LogP contribution in [0.2, 0.25) is 0 Å². The second-order valence-corrected chi connectivity index (χ2v) is 25.8. The molecule has 0 spiro atoms. The Kier molecular flexibility index (Phi) is 32.9. The maximum Gasteiger partial charge on any atom is 0.168 e. The summed E-state index contributed by atoms with van der Waals surface area (Å²) in [7, 11) is 0. The van der Waals surface area contributed by atoms with Crippen LogP contribution in [0, 0.1) is 78.4 Å². The SMILES string of the molecule is CCCCOc1cc(C#Cc2cc(OCCOc3cc(C=O)nc(C=O)c3)cc(I)n2)nc(C#Cc2cc(OCCCC)cc(C#Cc3cc(OCCCC)cc(C#Cc4cc(OCCCC)cc(C#Cc5cc(OCCCC)cc(C#Cc6cc(OCCOc7cc(C=O)nc(C=O)c7)cc(I)n6)n5)n4)n3)n2)c1. The van der Waals surface area contributed by atoms with E-state index in [4.69, 9.17) is 67.6 Å². The van der Waals surface area contributed by atoms with Gasteiger partial charge in [-0.1, -0.05) is 66.7 Å². The van der Waals surface area contributed by atoms with Gasteiger partial charge in [0.15, 0.2) is 25.1 Å². The number of nitrogens with zero attached hydrogens (tertiary/aromatic N) is 9. The largest absolute Gasteiger partial charge is 0.493 e. The molecule has 9 aromatic rings. The highest BCUT2D eigenvalue weighted by atomic mass is 127. The highest BCUT2D eigenvalue weighted by Crippen LogP contribution is 2.24. The van der Waals surface area contributed by atoms with Crippen LogP contribution in [-0.2, 0) is 0 Å². The molecule has 0 radical (unpaired) electrons. The number of rotatable bonds is 34. The summed E-state index contributed by atoms with van der Waals surface area (Å²) in [6.45, 7) is 13.3. The lowest BCUT2D eigenvalue weighted by Gasteiger charge is -2.09. The molecule has 0 amide bonds. The Morgan fingerprint density at radius 1 is 0.229 bits per heavy atom. The van der Waals surface area contributed by atoms with Gasteiger partial charge in [0.2, 0.25) is 0 Å². The summed E-state index contributed by atoms with van der Waals surface area (Å²) in [4.78, 5) is 86.4. The third-order valence-electron chi connectivity index (χ3n) is 14.7. The van der Waals surface area contributed by atoms with Crippen molar-refractivity contribution in [2.24, 2.45) is 0 Å². The smallest absolute Gasteiger partial charge is 0.168 e. The van der Waals surface area contributed by atoms with Gasteiger partial charge >= 0.3 is 0 Å². The van der Waals surface area contributed by atoms with Crippen molar-refractivity contribution in [3.63, 3.8) is 0 Å². The van der Waals surface area contributed by atoms with E-state index in [0.717, 1.165) is 64.2 Å². The van der Waals surface area contributed by atoms with Crippen molar-refractivity contribution >= 4 is 70.3 Å². The molecule has 0 bridgehead atoms. The molecule has 22 nitrogen and oxygen atoms in total. The minimum atomic E-state index is 0.0804. The molecule has 552 valence electrons. The lowest BCUT2D eigenvalue weighted by atomic mass is 10.2. The van der Waals surface area contributed by atoms with Crippen LogP contribution in [0.15, 0.2) is 109 Å². The molecule has 0 N–H and O–H groups in total. The summed E-state index contributed by atoms with van der Waals surface area (Å²) in [6.07, 6.45) is 11.0. The fourth-order valence-electron chi connectivity index (χ4n) is 9.41. The number of hydrogen-bond acceptors (Lipinski definition) is 22. The molecule has 109 heavy (non-hydrogen) atoms. The zero-order chi connectivity index (χ0) is 76.8. The number of carbonyl (C=O) groups is 4. The normalized spacial score (nSPS) is 10.2. The summed E-state index contributed by atoms with van der Waals surface area (Å²) < 4.78 is 55.7. The van der Waals surface area contributed by atoms with E-state index in [-0.39, 0.29) is 49.2 Å². The molecule has 9 heterocycles. The Hall–Kier alpha value is -12.0. The first-order valence-corrected chi connectivity index (χ1v) is 37.5. The molecule has 0 atom stereocenters. The van der Waals surface area contributed by atoms with Crippen molar-refractivity contribution in [3.05, 3.63) is 208 Å². The van der Waals surface area contributed by atoms with E-state index >= 15 is 0 Å². The van der Waals surface area contributed by atoms with E-state index in [1.165, 1.54) is 24.3 Å². The Labute approximate surface area is 661 Å². The second kappa shape index (κ2) is 44.2. The average molecular weight is 1680 g/mol. The summed E-state index contributed by atoms with van der Waals surface area (Å²) in [6, 6.07) is 30.3. The zero-order valence-corrected chi connectivity index (χ0v) is 65.0. The van der Waals surface area contributed by atoms with Crippen LogP contribution in [0.25, 0.3) is 0 Å². The van der Waals surface area contributed by atoms with Crippen LogP contribution >= 0.6 is 45.2 Å². The van der Waals surface area contributed by atoms with Gasteiger partial charge in [0, 0.05) is 109 Å². The van der Waals surface area contributed by atoms with Crippen LogP contribution < -0.4 is 42.6 Å². The van der Waals surface area contributed by atoms with Crippen LogP contribution in [-0.4, -0.2) is 129 Å². The number of pyridine rings is 9. The number of aldehydes is 4. The standard InChI is InChI=1S/C85H75I2N9O13/c1-6-11-28-101-75-37-59(16-18-61-39-76(102-29-12-7-2)41-63(89-61)20-22-65-43-78(104-31-14-9-4)45-67(91-65)24-26-69-47-82(53-84(86)95-69)108-35-33-106-80-49-71(55-97)93-72(50-80)56-98)88-60(38-75)17-19-62-40-77(103-30-13-8-3)42-64(90-62)21-23-66-44-79(105-32-15-10-5)46-68(92-66)25-27-70-48-83(54-85(87)96-70)109-36-34-107-81-51-73(57-99)94-74(52-81)58-100/h37-58H,6-15,28-36H2,1-5H3. The third kappa shape index (κ3) is 28.4. The lowest BCUT2D eigenvalue weighted by molar-refractivity contribution is 0.110. The highest BCUT2D eigenvalue weighted by Gasteiger charge is 2.12. The monoisotopic (exact) mass is 1680 g/mol. The van der Waals surface area contributed by atoms with Gasteiger partial charge in [-0.3, -0.25) is 19.2 Å².